The zero-order valence-electron chi connectivity index (χ0n) is 9.51. The van der Waals surface area contributed by atoms with E-state index in [1.807, 2.05) is 0 Å². The molecule has 0 atom stereocenters. The number of anilines is 1. The SMILES string of the molecule is Cc1c(N)cc([B-](F)(F)F)cc1CC(=O)O.[K+]. The molecular formula is C9H10BF3KNO2. The van der Waals surface area contributed by atoms with Crippen LogP contribution < -0.4 is 62.6 Å². The van der Waals surface area contributed by atoms with Crippen LogP contribution in [0, 0.1) is 6.92 Å². The van der Waals surface area contributed by atoms with Gasteiger partial charge in [0.25, 0.3) is 0 Å². The van der Waals surface area contributed by atoms with Gasteiger partial charge in [-0.2, -0.15) is 0 Å². The summed E-state index contributed by atoms with van der Waals surface area (Å²) in [5, 5.41) is 8.56. The van der Waals surface area contributed by atoms with Crippen molar-refractivity contribution in [2.24, 2.45) is 0 Å². The van der Waals surface area contributed by atoms with Crippen LogP contribution in [0.5, 0.6) is 0 Å². The van der Waals surface area contributed by atoms with Crippen LogP contribution in [0.3, 0.4) is 0 Å². The van der Waals surface area contributed by atoms with Gasteiger partial charge in [-0.05, 0) is 18.1 Å². The average Bonchev–Trinajstić information content (AvgIpc) is 2.10. The molecule has 3 nitrogen and oxygen atoms in total. The number of hydrogen-bond acceptors (Lipinski definition) is 2. The molecule has 0 aliphatic carbocycles. The van der Waals surface area contributed by atoms with E-state index in [0.29, 0.717) is 5.56 Å². The van der Waals surface area contributed by atoms with E-state index in [1.54, 1.807) is 0 Å². The van der Waals surface area contributed by atoms with Crippen molar-refractivity contribution >= 4 is 24.1 Å². The monoisotopic (exact) mass is 271 g/mol. The smallest absolute Gasteiger partial charge is 0.481 e. The van der Waals surface area contributed by atoms with Crippen molar-refractivity contribution in [2.45, 2.75) is 13.3 Å². The molecule has 1 rings (SSSR count). The van der Waals surface area contributed by atoms with E-state index in [0.717, 1.165) is 12.1 Å². The number of benzene rings is 1. The number of nitrogen functional groups attached to an aromatic ring is 1. The maximum absolute atomic E-state index is 12.5. The average molecular weight is 271 g/mol. The van der Waals surface area contributed by atoms with E-state index >= 15 is 0 Å². The molecule has 17 heavy (non-hydrogen) atoms. The quantitative estimate of drug-likeness (QED) is 0.507. The first-order chi connectivity index (χ1) is 7.21. The van der Waals surface area contributed by atoms with Gasteiger partial charge in [0, 0.05) is 5.69 Å². The van der Waals surface area contributed by atoms with Crippen LogP contribution in [0.15, 0.2) is 12.1 Å². The van der Waals surface area contributed by atoms with Crippen molar-refractivity contribution in [1.82, 2.24) is 0 Å². The number of rotatable bonds is 3. The Balaban J connectivity index is 0.00000256. The fourth-order valence-corrected chi connectivity index (χ4v) is 1.36. The molecule has 0 bridgehead atoms. The van der Waals surface area contributed by atoms with Crippen LogP contribution >= 0.6 is 0 Å². The Morgan fingerprint density at radius 2 is 1.94 bits per heavy atom. The van der Waals surface area contributed by atoms with Crippen LogP contribution in [-0.4, -0.2) is 18.1 Å². The second-order valence-electron chi connectivity index (χ2n) is 3.54. The molecule has 0 saturated carbocycles. The second-order valence-corrected chi connectivity index (χ2v) is 3.54. The van der Waals surface area contributed by atoms with Crippen LogP contribution in [0.25, 0.3) is 0 Å². The van der Waals surface area contributed by atoms with E-state index in [9.17, 15) is 17.7 Å². The van der Waals surface area contributed by atoms with Gasteiger partial charge in [0.1, 0.15) is 0 Å². The topological polar surface area (TPSA) is 63.3 Å². The molecule has 8 heteroatoms. The Kier molecular flexibility index (Phi) is 6.23. The fourth-order valence-electron chi connectivity index (χ4n) is 1.36. The minimum atomic E-state index is -5.16. The summed E-state index contributed by atoms with van der Waals surface area (Å²) in [6, 6.07) is 1.68. The van der Waals surface area contributed by atoms with E-state index < -0.39 is 24.8 Å². The molecular weight excluding hydrogens is 261 g/mol. The fraction of sp³-hybridized carbons (Fsp3) is 0.222. The van der Waals surface area contributed by atoms with Crippen molar-refractivity contribution in [1.29, 1.82) is 0 Å². The maximum atomic E-state index is 12.5. The van der Waals surface area contributed by atoms with Crippen molar-refractivity contribution in [3.05, 3.63) is 23.3 Å². The van der Waals surface area contributed by atoms with Gasteiger partial charge < -0.3 is 23.8 Å². The van der Waals surface area contributed by atoms with Crippen molar-refractivity contribution in [2.75, 3.05) is 5.73 Å². The minimum absolute atomic E-state index is 0. The normalized spacial score (nSPS) is 10.8. The van der Waals surface area contributed by atoms with Gasteiger partial charge in [-0.3, -0.25) is 4.79 Å². The molecule has 0 radical (unpaired) electrons. The third kappa shape index (κ3) is 4.63. The third-order valence-electron chi connectivity index (χ3n) is 2.30. The van der Waals surface area contributed by atoms with Gasteiger partial charge in [-0.15, -0.1) is 5.46 Å². The molecule has 0 aliphatic heterocycles. The van der Waals surface area contributed by atoms with Crippen LogP contribution in [-0.2, 0) is 11.2 Å². The molecule has 1 aromatic rings. The summed E-state index contributed by atoms with van der Waals surface area (Å²) in [7, 11) is 0. The first kappa shape index (κ1) is 17.0. The molecule has 0 unspecified atom stereocenters. The van der Waals surface area contributed by atoms with E-state index in [2.05, 4.69) is 0 Å². The van der Waals surface area contributed by atoms with Gasteiger partial charge in [0.15, 0.2) is 0 Å². The van der Waals surface area contributed by atoms with Crippen molar-refractivity contribution in [3.63, 3.8) is 0 Å². The molecule has 0 aromatic heterocycles. The Morgan fingerprint density at radius 1 is 1.41 bits per heavy atom. The van der Waals surface area contributed by atoms with Crippen molar-refractivity contribution in [3.8, 4) is 0 Å². The Morgan fingerprint density at radius 3 is 2.35 bits per heavy atom. The molecule has 0 heterocycles. The molecule has 0 saturated heterocycles. The standard InChI is InChI=1S/C9H10BF3NO2.K/c1-5-6(3-9(15)16)2-7(4-8(5)14)10(11,12)13;/h2,4H,3,14H2,1H3,(H,15,16);/q-1;+1. The van der Waals surface area contributed by atoms with Crippen molar-refractivity contribution < 1.29 is 74.2 Å². The molecule has 0 spiro atoms. The molecule has 88 valence electrons. The summed E-state index contributed by atoms with van der Waals surface area (Å²) >= 11 is 0. The first-order valence-electron chi connectivity index (χ1n) is 4.52. The largest absolute Gasteiger partial charge is 1.00 e. The Labute approximate surface area is 139 Å². The summed E-state index contributed by atoms with van der Waals surface area (Å²) in [5.41, 5.74) is 4.99. The summed E-state index contributed by atoms with van der Waals surface area (Å²) < 4.78 is 37.4. The van der Waals surface area contributed by atoms with Gasteiger partial charge in [-0.25, -0.2) is 0 Å². The number of carbonyl (C=O) groups is 1. The summed E-state index contributed by atoms with van der Waals surface area (Å²) in [6.07, 6.45) is -0.462. The van der Waals surface area contributed by atoms with E-state index in [1.165, 1.54) is 6.92 Å². The zero-order valence-corrected chi connectivity index (χ0v) is 12.6. The number of carboxylic acids is 1. The summed E-state index contributed by atoms with van der Waals surface area (Å²) in [6.45, 7) is -3.66. The van der Waals surface area contributed by atoms with Gasteiger partial charge in [0.05, 0.1) is 6.42 Å². The first-order valence-corrected chi connectivity index (χ1v) is 4.52. The number of halogens is 3. The number of hydrogen-bond donors (Lipinski definition) is 2. The number of aliphatic carboxylic acids is 1. The predicted molar refractivity (Wildman–Crippen MR) is 55.6 cm³/mol. The summed E-state index contributed by atoms with van der Waals surface area (Å²) in [5.74, 6) is -1.19. The van der Waals surface area contributed by atoms with E-state index in [-0.39, 0.29) is 62.6 Å². The minimum Gasteiger partial charge on any atom is -0.481 e. The summed E-state index contributed by atoms with van der Waals surface area (Å²) in [4.78, 5) is 10.5. The Hall–Kier alpha value is -0.0187. The second kappa shape index (κ2) is 6.24. The molecule has 1 aromatic carbocycles. The molecule has 0 amide bonds. The van der Waals surface area contributed by atoms with Crippen LogP contribution in [0.4, 0.5) is 18.6 Å². The molecule has 0 fully saturated rings. The Bertz CT molecular complexity index is 437. The zero-order chi connectivity index (χ0) is 12.5. The predicted octanol–water partition coefficient (Wildman–Crippen LogP) is -1.74. The third-order valence-corrected chi connectivity index (χ3v) is 2.30. The maximum Gasteiger partial charge on any atom is 1.00 e. The molecule has 3 N–H and O–H groups in total. The number of carboxylic acid groups (broad SMARTS) is 1. The molecule has 0 aliphatic rings. The van der Waals surface area contributed by atoms with E-state index in [4.69, 9.17) is 10.8 Å². The van der Waals surface area contributed by atoms with Gasteiger partial charge >= 0.3 is 64.3 Å². The van der Waals surface area contributed by atoms with Crippen LogP contribution in [0.2, 0.25) is 0 Å². The van der Waals surface area contributed by atoms with Crippen LogP contribution in [0.1, 0.15) is 11.1 Å². The number of nitrogens with two attached hydrogens (primary N) is 1. The van der Waals surface area contributed by atoms with Gasteiger partial charge in [-0.1, -0.05) is 12.1 Å². The van der Waals surface area contributed by atoms with Gasteiger partial charge in [0.2, 0.25) is 0 Å².